The monoisotopic (exact) mass is 379 g/mol. The average Bonchev–Trinajstić information content (AvgIpc) is 3.13. The van der Waals surface area contributed by atoms with E-state index in [1.165, 1.54) is 17.5 Å². The number of nitrogens with one attached hydrogen (secondary N) is 1. The summed E-state index contributed by atoms with van der Waals surface area (Å²) in [6, 6.07) is 11.9. The first kappa shape index (κ1) is 20.0. The van der Waals surface area contributed by atoms with Crippen LogP contribution in [0.15, 0.2) is 42.5 Å². The number of hydrogen-bond acceptors (Lipinski definition) is 3. The van der Waals surface area contributed by atoms with E-state index in [-0.39, 0.29) is 5.91 Å². The predicted octanol–water partition coefficient (Wildman–Crippen LogP) is 5.26. The molecule has 0 fully saturated rings. The van der Waals surface area contributed by atoms with E-state index in [9.17, 15) is 4.79 Å². The van der Waals surface area contributed by atoms with Gasteiger partial charge in [0, 0.05) is 11.8 Å². The SMILES string of the molecule is CCOc1cc(/C=C/C(=O)Nc2ccc3c(c2)CCC3)ccc1OCC(C)C. The summed E-state index contributed by atoms with van der Waals surface area (Å²) in [7, 11) is 0. The molecule has 2 aromatic carbocycles. The van der Waals surface area contributed by atoms with Crippen molar-refractivity contribution in [3.63, 3.8) is 0 Å². The molecular formula is C24H29NO3. The molecule has 0 spiro atoms. The topological polar surface area (TPSA) is 47.6 Å². The number of benzene rings is 2. The van der Waals surface area contributed by atoms with E-state index in [1.807, 2.05) is 31.2 Å². The van der Waals surface area contributed by atoms with Gasteiger partial charge >= 0.3 is 0 Å². The average molecular weight is 380 g/mol. The molecular weight excluding hydrogens is 350 g/mol. The van der Waals surface area contributed by atoms with Crippen LogP contribution >= 0.6 is 0 Å². The van der Waals surface area contributed by atoms with Crippen molar-refractivity contribution in [1.29, 1.82) is 0 Å². The lowest BCUT2D eigenvalue weighted by Crippen LogP contribution is -2.08. The van der Waals surface area contributed by atoms with E-state index < -0.39 is 0 Å². The summed E-state index contributed by atoms with van der Waals surface area (Å²) in [4.78, 5) is 12.3. The molecule has 0 aromatic heterocycles. The van der Waals surface area contributed by atoms with Gasteiger partial charge in [0.2, 0.25) is 5.91 Å². The smallest absolute Gasteiger partial charge is 0.248 e. The van der Waals surface area contributed by atoms with Gasteiger partial charge in [0.25, 0.3) is 0 Å². The van der Waals surface area contributed by atoms with Crippen molar-refractivity contribution in [3.8, 4) is 11.5 Å². The van der Waals surface area contributed by atoms with E-state index in [2.05, 4.69) is 31.3 Å². The highest BCUT2D eigenvalue weighted by Gasteiger charge is 2.11. The Labute approximate surface area is 167 Å². The Balaban J connectivity index is 1.65. The number of carbonyl (C=O) groups excluding carboxylic acids is 1. The number of carbonyl (C=O) groups is 1. The summed E-state index contributed by atoms with van der Waals surface area (Å²) in [5.74, 6) is 1.73. The molecule has 0 heterocycles. The third-order valence-electron chi connectivity index (χ3n) is 4.63. The van der Waals surface area contributed by atoms with Crippen molar-refractivity contribution in [2.45, 2.75) is 40.0 Å². The highest BCUT2D eigenvalue weighted by Crippen LogP contribution is 2.29. The summed E-state index contributed by atoms with van der Waals surface area (Å²) in [5.41, 5.74) is 4.49. The van der Waals surface area contributed by atoms with Gasteiger partial charge in [-0.25, -0.2) is 0 Å². The molecule has 1 amide bonds. The van der Waals surface area contributed by atoms with Crippen LogP contribution < -0.4 is 14.8 Å². The van der Waals surface area contributed by atoms with Crippen LogP contribution in [0.3, 0.4) is 0 Å². The van der Waals surface area contributed by atoms with Gasteiger partial charge in [-0.3, -0.25) is 4.79 Å². The minimum Gasteiger partial charge on any atom is -0.490 e. The number of anilines is 1. The Bertz CT molecular complexity index is 855. The molecule has 1 aliphatic carbocycles. The van der Waals surface area contributed by atoms with Crippen LogP contribution in [0.25, 0.3) is 6.08 Å². The van der Waals surface area contributed by atoms with Crippen molar-refractivity contribution >= 4 is 17.7 Å². The fraction of sp³-hybridized carbons (Fsp3) is 0.375. The molecule has 148 valence electrons. The molecule has 0 aliphatic heterocycles. The molecule has 4 nitrogen and oxygen atoms in total. The lowest BCUT2D eigenvalue weighted by Gasteiger charge is -2.14. The molecule has 0 unspecified atom stereocenters. The molecule has 2 aromatic rings. The summed E-state index contributed by atoms with van der Waals surface area (Å²) in [6.45, 7) is 7.36. The van der Waals surface area contributed by atoms with Crippen LogP contribution in [0.1, 0.15) is 43.9 Å². The zero-order valence-electron chi connectivity index (χ0n) is 17.0. The lowest BCUT2D eigenvalue weighted by molar-refractivity contribution is -0.111. The Morgan fingerprint density at radius 1 is 1.07 bits per heavy atom. The number of fused-ring (bicyclic) bond motifs is 1. The molecule has 3 rings (SSSR count). The zero-order chi connectivity index (χ0) is 19.9. The summed E-state index contributed by atoms with van der Waals surface area (Å²) in [6.07, 6.45) is 6.78. The zero-order valence-corrected chi connectivity index (χ0v) is 17.0. The van der Waals surface area contributed by atoms with Crippen molar-refractivity contribution in [2.24, 2.45) is 5.92 Å². The van der Waals surface area contributed by atoms with Crippen molar-refractivity contribution < 1.29 is 14.3 Å². The van der Waals surface area contributed by atoms with E-state index >= 15 is 0 Å². The number of amides is 1. The summed E-state index contributed by atoms with van der Waals surface area (Å²) >= 11 is 0. The molecule has 1 aliphatic rings. The van der Waals surface area contributed by atoms with Gasteiger partial charge in [0.05, 0.1) is 13.2 Å². The first-order valence-corrected chi connectivity index (χ1v) is 10.1. The van der Waals surface area contributed by atoms with Gasteiger partial charge in [0.1, 0.15) is 0 Å². The normalized spacial score (nSPS) is 13.0. The van der Waals surface area contributed by atoms with Crippen molar-refractivity contribution in [1.82, 2.24) is 0 Å². The highest BCUT2D eigenvalue weighted by molar-refractivity contribution is 6.02. The van der Waals surface area contributed by atoms with Gasteiger partial charge in [-0.05, 0) is 79.1 Å². The number of rotatable bonds is 8. The van der Waals surface area contributed by atoms with Crippen LogP contribution in [0.4, 0.5) is 5.69 Å². The van der Waals surface area contributed by atoms with Gasteiger partial charge in [0.15, 0.2) is 11.5 Å². The van der Waals surface area contributed by atoms with Crippen LogP contribution in [0.2, 0.25) is 0 Å². The molecule has 0 saturated heterocycles. The molecule has 0 atom stereocenters. The lowest BCUT2D eigenvalue weighted by atomic mass is 10.1. The number of hydrogen-bond donors (Lipinski definition) is 1. The Morgan fingerprint density at radius 3 is 2.68 bits per heavy atom. The first-order chi connectivity index (χ1) is 13.5. The van der Waals surface area contributed by atoms with Gasteiger partial charge in [-0.15, -0.1) is 0 Å². The second-order valence-electron chi connectivity index (χ2n) is 7.50. The first-order valence-electron chi connectivity index (χ1n) is 10.1. The maximum absolute atomic E-state index is 12.3. The minimum absolute atomic E-state index is 0.143. The van der Waals surface area contributed by atoms with Gasteiger partial charge in [-0.1, -0.05) is 26.0 Å². The van der Waals surface area contributed by atoms with Gasteiger partial charge < -0.3 is 14.8 Å². The molecule has 4 heteroatoms. The van der Waals surface area contributed by atoms with Crippen LogP contribution in [0, 0.1) is 5.92 Å². The van der Waals surface area contributed by atoms with E-state index in [0.29, 0.717) is 24.9 Å². The fourth-order valence-electron chi connectivity index (χ4n) is 3.28. The summed E-state index contributed by atoms with van der Waals surface area (Å²) < 4.78 is 11.5. The Morgan fingerprint density at radius 2 is 1.89 bits per heavy atom. The quantitative estimate of drug-likeness (QED) is 0.636. The second-order valence-corrected chi connectivity index (χ2v) is 7.50. The van der Waals surface area contributed by atoms with E-state index in [4.69, 9.17) is 9.47 Å². The molecule has 1 N–H and O–H groups in total. The maximum Gasteiger partial charge on any atom is 0.248 e. The fourth-order valence-corrected chi connectivity index (χ4v) is 3.28. The maximum atomic E-state index is 12.3. The van der Waals surface area contributed by atoms with Crippen LogP contribution in [-0.2, 0) is 17.6 Å². The molecule has 0 saturated carbocycles. The van der Waals surface area contributed by atoms with Crippen molar-refractivity contribution in [3.05, 3.63) is 59.2 Å². The molecule has 0 bridgehead atoms. The Kier molecular flexibility index (Phi) is 6.75. The van der Waals surface area contributed by atoms with Crippen molar-refractivity contribution in [2.75, 3.05) is 18.5 Å². The second kappa shape index (κ2) is 9.45. The third kappa shape index (κ3) is 5.38. The predicted molar refractivity (Wildman–Crippen MR) is 114 cm³/mol. The number of aryl methyl sites for hydroxylation is 2. The van der Waals surface area contributed by atoms with Gasteiger partial charge in [-0.2, -0.15) is 0 Å². The molecule has 28 heavy (non-hydrogen) atoms. The number of ether oxygens (including phenoxy) is 2. The largest absolute Gasteiger partial charge is 0.490 e. The minimum atomic E-state index is -0.143. The van der Waals surface area contributed by atoms with Crippen LogP contribution in [0.5, 0.6) is 11.5 Å². The summed E-state index contributed by atoms with van der Waals surface area (Å²) in [5, 5.41) is 2.94. The van der Waals surface area contributed by atoms with E-state index in [0.717, 1.165) is 29.8 Å². The standard InChI is InChI=1S/C24H29NO3/c1-4-27-23-14-18(8-12-22(23)28-16-17(2)3)9-13-24(26)25-21-11-10-19-6-5-7-20(19)15-21/h8-15,17H,4-7,16H2,1-3H3,(H,25,26)/b13-9+. The third-order valence-corrected chi connectivity index (χ3v) is 4.63. The Hall–Kier alpha value is -2.75. The van der Waals surface area contributed by atoms with Crippen LogP contribution in [-0.4, -0.2) is 19.1 Å². The highest BCUT2D eigenvalue weighted by atomic mass is 16.5. The molecule has 0 radical (unpaired) electrons. The van der Waals surface area contributed by atoms with E-state index in [1.54, 1.807) is 12.2 Å².